The molecule has 2 atom stereocenters. The standard InChI is InChI=1S/C17H26N2O3.ClH/c1-21-8-9-22-15-6-2-4-13(10-15)12-19-17(20)11-14-5-3-7-16(14)18;/h2,4,6,10,14,16H,3,5,7-9,11-12,18H2,1H3,(H,19,20);1H/t14-,16+;/m0./s1. The number of nitrogens with one attached hydrogen (secondary N) is 1. The smallest absolute Gasteiger partial charge is 0.220 e. The molecule has 3 N–H and O–H groups in total. The molecular weight excluding hydrogens is 316 g/mol. The average molecular weight is 343 g/mol. The van der Waals surface area contributed by atoms with Crippen LogP contribution < -0.4 is 15.8 Å². The number of carbonyl (C=O) groups excluding carboxylic acids is 1. The summed E-state index contributed by atoms with van der Waals surface area (Å²) in [6.45, 7) is 1.59. The third kappa shape index (κ3) is 6.77. The van der Waals surface area contributed by atoms with Crippen LogP contribution in [0.5, 0.6) is 5.75 Å². The Balaban J connectivity index is 0.00000264. The van der Waals surface area contributed by atoms with Gasteiger partial charge in [0.05, 0.1) is 6.61 Å². The highest BCUT2D eigenvalue weighted by Gasteiger charge is 2.25. The lowest BCUT2D eigenvalue weighted by Gasteiger charge is -2.15. The van der Waals surface area contributed by atoms with Crippen LogP contribution in [0.1, 0.15) is 31.2 Å². The highest BCUT2D eigenvalue weighted by Crippen LogP contribution is 2.26. The van der Waals surface area contributed by atoms with Crippen molar-refractivity contribution in [2.75, 3.05) is 20.3 Å². The fraction of sp³-hybridized carbons (Fsp3) is 0.588. The number of hydrogen-bond donors (Lipinski definition) is 2. The predicted octanol–water partition coefficient (Wildman–Crippen LogP) is 2.27. The van der Waals surface area contributed by atoms with Gasteiger partial charge in [-0.25, -0.2) is 0 Å². The van der Waals surface area contributed by atoms with Crippen molar-refractivity contribution in [1.29, 1.82) is 0 Å². The zero-order valence-electron chi connectivity index (χ0n) is 13.6. The highest BCUT2D eigenvalue weighted by atomic mass is 35.5. The molecule has 0 aromatic heterocycles. The van der Waals surface area contributed by atoms with Gasteiger partial charge in [-0.3, -0.25) is 4.79 Å². The van der Waals surface area contributed by atoms with E-state index in [1.165, 1.54) is 0 Å². The van der Waals surface area contributed by atoms with E-state index in [-0.39, 0.29) is 24.4 Å². The Morgan fingerprint density at radius 3 is 2.87 bits per heavy atom. The topological polar surface area (TPSA) is 73.6 Å². The summed E-state index contributed by atoms with van der Waals surface area (Å²) in [6.07, 6.45) is 3.78. The SMILES string of the molecule is COCCOc1cccc(CNC(=O)C[C@@H]2CCC[C@H]2N)c1.Cl. The molecule has 130 valence electrons. The van der Waals surface area contributed by atoms with Crippen molar-refractivity contribution >= 4 is 18.3 Å². The molecule has 0 aliphatic heterocycles. The summed E-state index contributed by atoms with van der Waals surface area (Å²) in [4.78, 5) is 12.0. The van der Waals surface area contributed by atoms with Crippen molar-refractivity contribution in [1.82, 2.24) is 5.32 Å². The van der Waals surface area contributed by atoms with Gasteiger partial charge in [-0.1, -0.05) is 18.6 Å². The van der Waals surface area contributed by atoms with Crippen molar-refractivity contribution < 1.29 is 14.3 Å². The quantitative estimate of drug-likeness (QED) is 0.711. The molecule has 6 heteroatoms. The summed E-state index contributed by atoms with van der Waals surface area (Å²) >= 11 is 0. The van der Waals surface area contributed by atoms with E-state index in [0.29, 0.717) is 32.1 Å². The third-order valence-electron chi connectivity index (χ3n) is 4.11. The Kier molecular flexibility index (Phi) is 8.99. The second-order valence-electron chi connectivity index (χ2n) is 5.82. The van der Waals surface area contributed by atoms with Gasteiger partial charge in [0, 0.05) is 26.1 Å². The van der Waals surface area contributed by atoms with Gasteiger partial charge in [0.25, 0.3) is 0 Å². The molecule has 1 aliphatic carbocycles. The molecule has 1 aromatic carbocycles. The molecule has 1 amide bonds. The normalized spacial score (nSPS) is 19.9. The lowest BCUT2D eigenvalue weighted by Crippen LogP contribution is -2.31. The molecule has 0 saturated heterocycles. The Morgan fingerprint density at radius 1 is 1.35 bits per heavy atom. The molecule has 0 unspecified atom stereocenters. The van der Waals surface area contributed by atoms with Gasteiger partial charge in [0.15, 0.2) is 0 Å². The van der Waals surface area contributed by atoms with Gasteiger partial charge in [-0.2, -0.15) is 0 Å². The highest BCUT2D eigenvalue weighted by molar-refractivity contribution is 5.85. The van der Waals surface area contributed by atoms with Crippen molar-refractivity contribution in [3.63, 3.8) is 0 Å². The number of benzene rings is 1. The van der Waals surface area contributed by atoms with Gasteiger partial charge in [0.2, 0.25) is 5.91 Å². The van der Waals surface area contributed by atoms with Gasteiger partial charge >= 0.3 is 0 Å². The minimum absolute atomic E-state index is 0. The van der Waals surface area contributed by atoms with E-state index in [1.807, 2.05) is 24.3 Å². The Hall–Kier alpha value is -1.30. The fourth-order valence-corrected chi connectivity index (χ4v) is 2.82. The van der Waals surface area contributed by atoms with Gasteiger partial charge in [-0.15, -0.1) is 12.4 Å². The lowest BCUT2D eigenvalue weighted by molar-refractivity contribution is -0.122. The summed E-state index contributed by atoms with van der Waals surface area (Å²) in [7, 11) is 1.64. The molecule has 0 heterocycles. The summed E-state index contributed by atoms with van der Waals surface area (Å²) < 4.78 is 10.5. The molecule has 0 bridgehead atoms. The largest absolute Gasteiger partial charge is 0.491 e. The molecule has 5 nitrogen and oxygen atoms in total. The van der Waals surface area contributed by atoms with E-state index < -0.39 is 0 Å². The number of halogens is 1. The molecule has 2 rings (SSSR count). The molecule has 1 fully saturated rings. The second-order valence-corrected chi connectivity index (χ2v) is 5.82. The lowest BCUT2D eigenvalue weighted by atomic mass is 10.00. The van der Waals surface area contributed by atoms with Crippen LogP contribution in [0.15, 0.2) is 24.3 Å². The maximum atomic E-state index is 12.0. The Labute approximate surface area is 144 Å². The van der Waals surface area contributed by atoms with E-state index in [1.54, 1.807) is 7.11 Å². The molecule has 0 radical (unpaired) electrons. The molecule has 1 aromatic rings. The van der Waals surface area contributed by atoms with E-state index in [4.69, 9.17) is 15.2 Å². The van der Waals surface area contributed by atoms with E-state index in [9.17, 15) is 4.79 Å². The first-order valence-corrected chi connectivity index (χ1v) is 7.92. The second kappa shape index (κ2) is 10.5. The van der Waals surface area contributed by atoms with Crippen molar-refractivity contribution in [2.24, 2.45) is 11.7 Å². The van der Waals surface area contributed by atoms with Crippen molar-refractivity contribution in [3.05, 3.63) is 29.8 Å². The number of rotatable bonds is 8. The average Bonchev–Trinajstić information content (AvgIpc) is 2.91. The van der Waals surface area contributed by atoms with Crippen LogP contribution in [0.2, 0.25) is 0 Å². The summed E-state index contributed by atoms with van der Waals surface area (Å²) in [5.41, 5.74) is 7.03. The third-order valence-corrected chi connectivity index (χ3v) is 4.11. The fourth-order valence-electron chi connectivity index (χ4n) is 2.82. The zero-order chi connectivity index (χ0) is 15.8. The van der Waals surface area contributed by atoms with Crippen LogP contribution in [-0.4, -0.2) is 32.3 Å². The summed E-state index contributed by atoms with van der Waals surface area (Å²) in [6, 6.07) is 7.93. The van der Waals surface area contributed by atoms with Gasteiger partial charge < -0.3 is 20.5 Å². The number of methoxy groups -OCH3 is 1. The van der Waals surface area contributed by atoms with Crippen LogP contribution in [-0.2, 0) is 16.1 Å². The minimum atomic E-state index is 0. The van der Waals surface area contributed by atoms with Crippen molar-refractivity contribution in [2.45, 2.75) is 38.3 Å². The summed E-state index contributed by atoms with van der Waals surface area (Å²) in [5.74, 6) is 1.21. The minimum Gasteiger partial charge on any atom is -0.491 e. The maximum Gasteiger partial charge on any atom is 0.220 e. The molecule has 23 heavy (non-hydrogen) atoms. The van der Waals surface area contributed by atoms with Crippen LogP contribution in [0.4, 0.5) is 0 Å². The van der Waals surface area contributed by atoms with E-state index in [0.717, 1.165) is 30.6 Å². The monoisotopic (exact) mass is 342 g/mol. The van der Waals surface area contributed by atoms with Crippen LogP contribution in [0.25, 0.3) is 0 Å². The first-order valence-electron chi connectivity index (χ1n) is 7.92. The van der Waals surface area contributed by atoms with Crippen LogP contribution in [0.3, 0.4) is 0 Å². The van der Waals surface area contributed by atoms with E-state index in [2.05, 4.69) is 5.32 Å². The molecule has 1 saturated carbocycles. The predicted molar refractivity (Wildman–Crippen MR) is 92.8 cm³/mol. The zero-order valence-corrected chi connectivity index (χ0v) is 14.4. The maximum absolute atomic E-state index is 12.0. The Bertz CT molecular complexity index is 485. The molecule has 0 spiro atoms. The first kappa shape index (κ1) is 19.7. The Morgan fingerprint density at radius 2 is 2.17 bits per heavy atom. The first-order chi connectivity index (χ1) is 10.7. The molecule has 1 aliphatic rings. The number of carbonyl (C=O) groups is 1. The number of hydrogen-bond acceptors (Lipinski definition) is 4. The van der Waals surface area contributed by atoms with Crippen LogP contribution in [0, 0.1) is 5.92 Å². The number of ether oxygens (including phenoxy) is 2. The van der Waals surface area contributed by atoms with Crippen molar-refractivity contribution in [3.8, 4) is 5.75 Å². The van der Waals surface area contributed by atoms with Gasteiger partial charge in [0.1, 0.15) is 12.4 Å². The van der Waals surface area contributed by atoms with Crippen LogP contribution >= 0.6 is 12.4 Å². The number of amides is 1. The molecular formula is C17H27ClN2O3. The van der Waals surface area contributed by atoms with Gasteiger partial charge in [-0.05, 0) is 36.5 Å². The van der Waals surface area contributed by atoms with E-state index >= 15 is 0 Å². The number of nitrogens with two attached hydrogens (primary N) is 1. The summed E-state index contributed by atoms with van der Waals surface area (Å²) in [5, 5.41) is 2.97.